The molecule has 0 heterocycles. The molecule has 0 spiro atoms. The van der Waals surface area contributed by atoms with Gasteiger partial charge in [0.15, 0.2) is 6.10 Å². The third kappa shape index (κ3) is 29.7. The topological polar surface area (TPSA) is 210 Å². The van der Waals surface area contributed by atoms with Gasteiger partial charge in [-0.15, -0.1) is 0 Å². The molecule has 0 radical (unpaired) electrons. The van der Waals surface area contributed by atoms with Gasteiger partial charge in [0.1, 0.15) is 43.2 Å². The zero-order valence-electron chi connectivity index (χ0n) is 37.4. The van der Waals surface area contributed by atoms with Crippen LogP contribution in [-0.2, 0) is 32.7 Å². The number of phosphoric ester groups is 1. The summed E-state index contributed by atoms with van der Waals surface area (Å²) >= 11 is 0. The van der Waals surface area contributed by atoms with Crippen LogP contribution in [0, 0.1) is 0 Å². The van der Waals surface area contributed by atoms with Crippen molar-refractivity contribution in [3.05, 3.63) is 48.6 Å². The van der Waals surface area contributed by atoms with Crippen molar-refractivity contribution in [1.82, 2.24) is 0 Å². The van der Waals surface area contributed by atoms with Crippen LogP contribution in [-0.4, -0.2) is 98.3 Å². The van der Waals surface area contributed by atoms with Crippen molar-refractivity contribution in [2.75, 3.05) is 13.2 Å². The molecule has 0 aromatic carbocycles. The summed E-state index contributed by atoms with van der Waals surface area (Å²) in [7, 11) is -5.13. The smallest absolute Gasteiger partial charge is 0.462 e. The Morgan fingerprint density at radius 2 is 0.902 bits per heavy atom. The van der Waals surface area contributed by atoms with Gasteiger partial charge in [-0.05, 0) is 70.6 Å². The van der Waals surface area contributed by atoms with E-state index < -0.39 is 75.7 Å². The zero-order chi connectivity index (χ0) is 45.0. The quantitative estimate of drug-likeness (QED) is 0.0148. The standard InChI is InChI=1S/C47H83O13P/c1-3-5-7-9-11-13-15-17-19-20-22-24-26-28-30-32-34-36-41(49)59-39(38-58-61(55,56)60-47-45(53)43(51)42(50)44(52)46(47)54)37-57-40(48)35-33-31-29-27-25-23-21-18-16-14-12-10-8-6-4-2/h14,16-17,19,22,24,28,30,39,42-47,50-54H,3-13,15,18,20-21,23,25-27,29,31-38H2,1-2H3,(H,55,56)/b16-14-,19-17-,24-22-,30-28-/t39-,42?,43-,44?,45?,46?,47?/m1/s1. The van der Waals surface area contributed by atoms with E-state index in [1.54, 1.807) is 0 Å². The summed E-state index contributed by atoms with van der Waals surface area (Å²) in [6.07, 6.45) is 30.3. The Labute approximate surface area is 367 Å². The number of aliphatic hydroxyl groups is 5. The fourth-order valence-corrected chi connectivity index (χ4v) is 7.80. The summed E-state index contributed by atoms with van der Waals surface area (Å²) in [6, 6.07) is 0. The number of phosphoric acid groups is 1. The van der Waals surface area contributed by atoms with Crippen molar-refractivity contribution in [2.24, 2.45) is 0 Å². The lowest BCUT2D eigenvalue weighted by Gasteiger charge is -2.41. The minimum absolute atomic E-state index is 0.0235. The van der Waals surface area contributed by atoms with Gasteiger partial charge in [0, 0.05) is 12.8 Å². The summed E-state index contributed by atoms with van der Waals surface area (Å²) in [6.45, 7) is 3.23. The number of hydrogen-bond donors (Lipinski definition) is 6. The molecule has 1 saturated carbocycles. The summed E-state index contributed by atoms with van der Waals surface area (Å²) in [5.74, 6) is -1.17. The molecular weight excluding hydrogens is 803 g/mol. The Morgan fingerprint density at radius 3 is 1.43 bits per heavy atom. The molecule has 8 atom stereocenters. The highest BCUT2D eigenvalue weighted by Gasteiger charge is 2.51. The number of aliphatic hydroxyl groups excluding tert-OH is 5. The van der Waals surface area contributed by atoms with Crippen LogP contribution in [0.5, 0.6) is 0 Å². The van der Waals surface area contributed by atoms with Crippen LogP contribution in [0.15, 0.2) is 48.6 Å². The Morgan fingerprint density at radius 1 is 0.508 bits per heavy atom. The first-order chi connectivity index (χ1) is 29.4. The van der Waals surface area contributed by atoms with Gasteiger partial charge in [-0.25, -0.2) is 4.57 Å². The van der Waals surface area contributed by atoms with Gasteiger partial charge in [0.2, 0.25) is 0 Å². The van der Waals surface area contributed by atoms with Gasteiger partial charge < -0.3 is 39.9 Å². The molecule has 1 aliphatic rings. The average molecular weight is 887 g/mol. The van der Waals surface area contributed by atoms with E-state index in [1.807, 2.05) is 12.2 Å². The molecule has 0 bridgehead atoms. The molecule has 0 amide bonds. The molecule has 0 aliphatic heterocycles. The van der Waals surface area contributed by atoms with E-state index in [0.717, 1.165) is 51.4 Å². The number of allylic oxidation sites excluding steroid dienone is 8. The summed E-state index contributed by atoms with van der Waals surface area (Å²) in [4.78, 5) is 35.7. The summed E-state index contributed by atoms with van der Waals surface area (Å²) < 4.78 is 33.5. The number of unbranched alkanes of at least 4 members (excludes halogenated alkanes) is 18. The molecule has 61 heavy (non-hydrogen) atoms. The molecule has 0 saturated heterocycles. The first kappa shape index (κ1) is 56.8. The lowest BCUT2D eigenvalue weighted by atomic mass is 9.85. The van der Waals surface area contributed by atoms with E-state index in [1.165, 1.54) is 83.5 Å². The zero-order valence-corrected chi connectivity index (χ0v) is 38.3. The fraction of sp³-hybridized carbons (Fsp3) is 0.787. The van der Waals surface area contributed by atoms with Crippen molar-refractivity contribution in [2.45, 2.75) is 224 Å². The molecular formula is C47H83O13P. The SMILES string of the molecule is CCCCCC/C=C\CCCCCCCCCC(=O)OC[C@H](COP(=O)(O)OC1C(O)C(O)C(O)[C@@H](O)C1O)OC(=O)CCC/C=C\C/C=C\C/C=C\CCCCCCCC. The van der Waals surface area contributed by atoms with Gasteiger partial charge >= 0.3 is 19.8 Å². The third-order valence-corrected chi connectivity index (χ3v) is 11.6. The number of rotatable bonds is 38. The highest BCUT2D eigenvalue weighted by molar-refractivity contribution is 7.47. The first-order valence-electron chi connectivity index (χ1n) is 23.4. The number of esters is 2. The summed E-state index contributed by atoms with van der Waals surface area (Å²) in [5, 5.41) is 50.1. The van der Waals surface area contributed by atoms with Gasteiger partial charge in [0.05, 0.1) is 6.61 Å². The molecule has 14 heteroatoms. The third-order valence-electron chi connectivity index (χ3n) is 10.6. The van der Waals surface area contributed by atoms with Gasteiger partial charge in [0.25, 0.3) is 0 Å². The van der Waals surface area contributed by atoms with E-state index in [2.05, 4.69) is 50.3 Å². The number of hydrogen-bond acceptors (Lipinski definition) is 12. The predicted molar refractivity (Wildman–Crippen MR) is 239 cm³/mol. The lowest BCUT2D eigenvalue weighted by molar-refractivity contribution is -0.220. The van der Waals surface area contributed by atoms with Gasteiger partial charge in [-0.2, -0.15) is 0 Å². The lowest BCUT2D eigenvalue weighted by Crippen LogP contribution is -2.64. The number of ether oxygens (including phenoxy) is 2. The Kier molecular flexibility index (Phi) is 34.7. The first-order valence-corrected chi connectivity index (χ1v) is 24.9. The van der Waals surface area contributed by atoms with Gasteiger partial charge in [-0.3, -0.25) is 18.6 Å². The molecule has 1 aliphatic carbocycles. The van der Waals surface area contributed by atoms with Crippen molar-refractivity contribution < 1.29 is 63.1 Å². The molecule has 1 fully saturated rings. The monoisotopic (exact) mass is 887 g/mol. The van der Waals surface area contributed by atoms with E-state index in [9.17, 15) is 44.6 Å². The van der Waals surface area contributed by atoms with Crippen LogP contribution in [0.2, 0.25) is 0 Å². The van der Waals surface area contributed by atoms with Crippen LogP contribution in [0.1, 0.15) is 181 Å². The molecule has 6 N–H and O–H groups in total. The molecule has 6 unspecified atom stereocenters. The maximum absolute atomic E-state index is 12.8. The minimum Gasteiger partial charge on any atom is -0.462 e. The largest absolute Gasteiger partial charge is 0.472 e. The normalized spacial score (nSPS) is 22.4. The average Bonchev–Trinajstić information content (AvgIpc) is 3.24. The second-order valence-electron chi connectivity index (χ2n) is 16.3. The molecule has 0 aromatic rings. The minimum atomic E-state index is -5.13. The second kappa shape index (κ2) is 37.2. The highest BCUT2D eigenvalue weighted by atomic mass is 31.2. The van der Waals surface area contributed by atoms with E-state index >= 15 is 0 Å². The van der Waals surface area contributed by atoms with E-state index in [4.69, 9.17) is 18.5 Å². The van der Waals surface area contributed by atoms with Crippen molar-refractivity contribution in [3.63, 3.8) is 0 Å². The Bertz CT molecular complexity index is 1250. The van der Waals surface area contributed by atoms with Crippen molar-refractivity contribution >= 4 is 19.8 Å². The van der Waals surface area contributed by atoms with Crippen LogP contribution in [0.4, 0.5) is 0 Å². The predicted octanol–water partition coefficient (Wildman–Crippen LogP) is 9.17. The number of carbonyl (C=O) groups is 2. The molecule has 354 valence electrons. The van der Waals surface area contributed by atoms with E-state index in [-0.39, 0.29) is 12.8 Å². The van der Waals surface area contributed by atoms with Crippen molar-refractivity contribution in [3.8, 4) is 0 Å². The van der Waals surface area contributed by atoms with Crippen LogP contribution < -0.4 is 0 Å². The van der Waals surface area contributed by atoms with Crippen LogP contribution >= 0.6 is 7.82 Å². The second-order valence-corrected chi connectivity index (χ2v) is 17.7. The molecule has 1 rings (SSSR count). The molecule has 0 aromatic heterocycles. The Balaban J connectivity index is 2.50. The fourth-order valence-electron chi connectivity index (χ4n) is 6.83. The van der Waals surface area contributed by atoms with Crippen LogP contribution in [0.25, 0.3) is 0 Å². The maximum atomic E-state index is 12.8. The Hall–Kier alpha value is -2.19. The highest BCUT2D eigenvalue weighted by Crippen LogP contribution is 2.47. The van der Waals surface area contributed by atoms with Crippen molar-refractivity contribution in [1.29, 1.82) is 0 Å². The maximum Gasteiger partial charge on any atom is 0.472 e. The number of carbonyl (C=O) groups excluding carboxylic acids is 2. The van der Waals surface area contributed by atoms with E-state index in [0.29, 0.717) is 19.3 Å². The summed E-state index contributed by atoms with van der Waals surface area (Å²) in [5.41, 5.74) is 0. The molecule has 13 nitrogen and oxygen atoms in total. The van der Waals surface area contributed by atoms with Gasteiger partial charge in [-0.1, -0.05) is 146 Å². The van der Waals surface area contributed by atoms with Crippen LogP contribution in [0.3, 0.4) is 0 Å².